The molecular weight excluding hydrogens is 556 g/mol. The van der Waals surface area contributed by atoms with Crippen LogP contribution in [0.3, 0.4) is 0 Å². The van der Waals surface area contributed by atoms with Gasteiger partial charge in [0.05, 0.1) is 19.0 Å². The maximum Gasteiger partial charge on any atom is 0.332 e. The average molecular weight is 587 g/mol. The Morgan fingerprint density at radius 1 is 0.571 bits per heavy atom. The second-order valence-corrected chi connectivity index (χ2v) is 8.61. The number of H-pyrrole nitrogens is 4. The third-order valence-corrected chi connectivity index (χ3v) is 5.91. The van der Waals surface area contributed by atoms with Gasteiger partial charge in [-0.2, -0.15) is 0 Å². The first-order chi connectivity index (χ1) is 19.9. The highest BCUT2D eigenvalue weighted by Crippen LogP contribution is 1.98. The lowest BCUT2D eigenvalue weighted by atomic mass is 10.5. The van der Waals surface area contributed by atoms with E-state index >= 15 is 0 Å². The van der Waals surface area contributed by atoms with Gasteiger partial charge in [-0.15, -0.1) is 0 Å². The van der Waals surface area contributed by atoms with Crippen molar-refractivity contribution in [2.45, 2.75) is 0 Å². The number of fused-ring (bicyclic) bond motifs is 3. The van der Waals surface area contributed by atoms with E-state index in [0.29, 0.717) is 46.6 Å². The van der Waals surface area contributed by atoms with Gasteiger partial charge >= 0.3 is 17.1 Å². The van der Waals surface area contributed by atoms with Gasteiger partial charge in [0.25, 0.3) is 16.7 Å². The topological polar surface area (TPSA) is 281 Å². The Hall–Kier alpha value is -5.63. The Morgan fingerprint density at radius 3 is 1.38 bits per heavy atom. The van der Waals surface area contributed by atoms with Crippen molar-refractivity contribution < 1.29 is 0 Å². The normalized spacial score (nSPS) is 10.5. The maximum atomic E-state index is 11.4. The molecule has 0 spiro atoms. The fourth-order valence-electron chi connectivity index (χ4n) is 3.54. The van der Waals surface area contributed by atoms with E-state index in [2.05, 4.69) is 34.9 Å². The van der Waals surface area contributed by atoms with Crippen molar-refractivity contribution in [2.75, 3.05) is 13.1 Å². The number of imidazole rings is 3. The number of hydrogen-bond donors (Lipinski definition) is 6. The van der Waals surface area contributed by atoms with Crippen LogP contribution in [0.2, 0.25) is 0 Å². The summed E-state index contributed by atoms with van der Waals surface area (Å²) < 4.78 is 5.72. The van der Waals surface area contributed by atoms with Crippen molar-refractivity contribution in [1.82, 2.24) is 57.7 Å². The lowest BCUT2D eigenvalue weighted by Gasteiger charge is -2.00. The summed E-state index contributed by atoms with van der Waals surface area (Å²) in [6, 6.07) is 0. The van der Waals surface area contributed by atoms with Crippen LogP contribution in [0.1, 0.15) is 0 Å². The molecule has 6 rings (SSSR count). The number of aromatic amines is 4. The predicted molar refractivity (Wildman–Crippen MR) is 153 cm³/mol. The Balaban J connectivity index is 0.000000163. The maximum absolute atomic E-state index is 11.4. The molecule has 0 aromatic carbocycles. The summed E-state index contributed by atoms with van der Waals surface area (Å²) in [4.78, 5) is 89.9. The molecule has 8 N–H and O–H groups in total. The quantitative estimate of drug-likeness (QED) is 0.107. The van der Waals surface area contributed by atoms with E-state index in [-0.39, 0.29) is 28.1 Å². The molecule has 0 bridgehead atoms. The van der Waals surface area contributed by atoms with Gasteiger partial charge < -0.3 is 26.4 Å². The van der Waals surface area contributed by atoms with E-state index in [1.807, 2.05) is 0 Å². The summed E-state index contributed by atoms with van der Waals surface area (Å²) in [6.07, 6.45) is 4.15. The van der Waals surface area contributed by atoms with Gasteiger partial charge in [-0.05, 0) is 0 Å². The summed E-state index contributed by atoms with van der Waals surface area (Å²) in [6.45, 7) is 1.19. The van der Waals surface area contributed by atoms with Crippen molar-refractivity contribution in [3.05, 3.63) is 81.5 Å². The standard InChI is InChI=1S/2C7H8N4O2.C6H6N4O2.C2H8N2/c2*1-10-5-4(8-3-9-5)6(12)11(2)7(10)13;1-10-5(11)3-4(8-2-7-3)9-6(10)12;3-1-2-4/h2*3H,1-2H3,(H,8,9);2H,1H3,(H,7,8)(H,9,12);1-4H2. The van der Waals surface area contributed by atoms with Crippen molar-refractivity contribution in [1.29, 1.82) is 0 Å². The van der Waals surface area contributed by atoms with Crippen LogP contribution in [-0.4, -0.2) is 70.8 Å². The lowest BCUT2D eigenvalue weighted by molar-refractivity contribution is 0.709. The highest BCUT2D eigenvalue weighted by atomic mass is 16.2. The van der Waals surface area contributed by atoms with Gasteiger partial charge in [-0.1, -0.05) is 0 Å². The molecular formula is C22H30N14O6. The first-order valence-electron chi connectivity index (χ1n) is 12.1. The minimum Gasteiger partial charge on any atom is -0.339 e. The molecule has 6 heterocycles. The molecule has 0 unspecified atom stereocenters. The second-order valence-electron chi connectivity index (χ2n) is 8.61. The third-order valence-electron chi connectivity index (χ3n) is 5.91. The Bertz CT molecular complexity index is 2110. The van der Waals surface area contributed by atoms with E-state index in [9.17, 15) is 28.8 Å². The van der Waals surface area contributed by atoms with E-state index in [1.54, 1.807) is 14.1 Å². The fraction of sp³-hybridized carbons (Fsp3) is 0.318. The number of nitrogens with zero attached hydrogens (tertiary/aromatic N) is 8. The van der Waals surface area contributed by atoms with Crippen LogP contribution in [0.5, 0.6) is 0 Å². The smallest absolute Gasteiger partial charge is 0.332 e. The van der Waals surface area contributed by atoms with Crippen LogP contribution < -0.4 is 45.2 Å². The van der Waals surface area contributed by atoms with Crippen LogP contribution in [0.4, 0.5) is 0 Å². The van der Waals surface area contributed by atoms with Gasteiger partial charge in [0.15, 0.2) is 16.9 Å². The monoisotopic (exact) mass is 586 g/mol. The van der Waals surface area contributed by atoms with Gasteiger partial charge in [0.2, 0.25) is 0 Å². The zero-order valence-electron chi connectivity index (χ0n) is 23.3. The minimum absolute atomic E-state index is 0.295. The van der Waals surface area contributed by atoms with E-state index in [4.69, 9.17) is 11.5 Å². The summed E-state index contributed by atoms with van der Waals surface area (Å²) >= 11 is 0. The number of aryl methyl sites for hydroxylation is 2. The fourth-order valence-corrected chi connectivity index (χ4v) is 3.54. The van der Waals surface area contributed by atoms with Crippen LogP contribution in [-0.2, 0) is 35.2 Å². The molecule has 224 valence electrons. The molecule has 0 atom stereocenters. The predicted octanol–water partition coefficient (Wildman–Crippen LogP) is -4.23. The number of rotatable bonds is 1. The Kier molecular flexibility index (Phi) is 9.34. The summed E-state index contributed by atoms with van der Waals surface area (Å²) in [5.41, 5.74) is 9.61. The molecule has 0 aliphatic rings. The highest BCUT2D eigenvalue weighted by molar-refractivity contribution is 5.69. The SMILES string of the molecule is Cn1c(=O)[nH]c2nc[nH]c2c1=O.Cn1c(=O)c2[nH]cnc2n(C)c1=O.Cn1c(=O)c2[nH]cnc2n(C)c1=O.NCCN. The van der Waals surface area contributed by atoms with E-state index < -0.39 is 5.69 Å². The van der Waals surface area contributed by atoms with Gasteiger partial charge in [0.1, 0.15) is 16.6 Å². The van der Waals surface area contributed by atoms with Crippen LogP contribution >= 0.6 is 0 Å². The first kappa shape index (κ1) is 30.9. The average Bonchev–Trinajstić information content (AvgIpc) is 3.78. The zero-order valence-corrected chi connectivity index (χ0v) is 23.3. The number of hydrogen-bond acceptors (Lipinski definition) is 11. The van der Waals surface area contributed by atoms with Crippen molar-refractivity contribution >= 4 is 33.5 Å². The molecule has 0 saturated carbocycles. The van der Waals surface area contributed by atoms with Crippen molar-refractivity contribution in [2.24, 2.45) is 46.7 Å². The minimum atomic E-state index is -0.459. The number of nitrogens with one attached hydrogen (secondary N) is 4. The lowest BCUT2D eigenvalue weighted by Crippen LogP contribution is -2.36. The van der Waals surface area contributed by atoms with Gasteiger partial charge in [-0.3, -0.25) is 42.2 Å². The molecule has 0 amide bonds. The van der Waals surface area contributed by atoms with Crippen molar-refractivity contribution in [3.63, 3.8) is 0 Å². The van der Waals surface area contributed by atoms with Gasteiger partial charge in [-0.25, -0.2) is 29.3 Å². The molecule has 0 aliphatic carbocycles. The highest BCUT2D eigenvalue weighted by Gasteiger charge is 2.10. The number of nitrogens with two attached hydrogens (primary N) is 2. The van der Waals surface area contributed by atoms with Crippen molar-refractivity contribution in [3.8, 4) is 0 Å². The first-order valence-corrected chi connectivity index (χ1v) is 12.1. The van der Waals surface area contributed by atoms with Gasteiger partial charge in [0, 0.05) is 48.3 Å². The molecule has 6 aromatic heterocycles. The molecule has 0 radical (unpaired) electrons. The summed E-state index contributed by atoms with van der Waals surface area (Å²) in [5.74, 6) is 0. The summed E-state index contributed by atoms with van der Waals surface area (Å²) in [5, 5.41) is 0. The summed E-state index contributed by atoms with van der Waals surface area (Å²) in [7, 11) is 7.42. The van der Waals surface area contributed by atoms with Crippen LogP contribution in [0, 0.1) is 0 Å². The second kappa shape index (κ2) is 12.7. The van der Waals surface area contributed by atoms with Crippen LogP contribution in [0.25, 0.3) is 33.5 Å². The Labute approximate surface area is 232 Å². The Morgan fingerprint density at radius 2 is 0.952 bits per heavy atom. The molecule has 20 heteroatoms. The molecule has 20 nitrogen and oxygen atoms in total. The molecule has 42 heavy (non-hydrogen) atoms. The molecule has 0 saturated heterocycles. The zero-order chi connectivity index (χ0) is 31.3. The third kappa shape index (κ3) is 5.78. The van der Waals surface area contributed by atoms with E-state index in [0.717, 1.165) is 13.7 Å². The van der Waals surface area contributed by atoms with E-state index in [1.165, 1.54) is 49.3 Å². The molecule has 0 fully saturated rings. The molecule has 0 aliphatic heterocycles. The molecule has 6 aromatic rings. The van der Waals surface area contributed by atoms with Crippen LogP contribution in [0.15, 0.2) is 47.7 Å². The largest absolute Gasteiger partial charge is 0.339 e. The number of aromatic nitrogens is 12.